The van der Waals surface area contributed by atoms with Gasteiger partial charge in [-0.15, -0.1) is 0 Å². The Morgan fingerprint density at radius 2 is 2.06 bits per heavy atom. The van der Waals surface area contributed by atoms with Crippen LogP contribution in [0.2, 0.25) is 0 Å². The lowest BCUT2D eigenvalue weighted by Crippen LogP contribution is -2.19. The van der Waals surface area contributed by atoms with E-state index in [2.05, 4.69) is 17.0 Å². The van der Waals surface area contributed by atoms with Crippen molar-refractivity contribution in [2.45, 2.75) is 38.6 Å². The van der Waals surface area contributed by atoms with Gasteiger partial charge in [-0.3, -0.25) is 4.79 Å². The van der Waals surface area contributed by atoms with Crippen molar-refractivity contribution in [3.63, 3.8) is 0 Å². The fourth-order valence-electron chi connectivity index (χ4n) is 2.91. The molecule has 1 aromatic rings. The molecule has 3 rings (SSSR count). The molecule has 1 saturated heterocycles. The highest BCUT2D eigenvalue weighted by Gasteiger charge is 2.20. The van der Waals surface area contributed by atoms with Crippen LogP contribution in [0.15, 0.2) is 12.4 Å². The first-order valence-corrected chi connectivity index (χ1v) is 6.62. The summed E-state index contributed by atoms with van der Waals surface area (Å²) in [6, 6.07) is 0. The molecule has 0 amide bonds. The number of ether oxygens (including phenoxy) is 1. The summed E-state index contributed by atoms with van der Waals surface area (Å²) < 4.78 is 7.60. The van der Waals surface area contributed by atoms with Crippen molar-refractivity contribution >= 4 is 5.78 Å². The lowest BCUT2D eigenvalue weighted by Gasteiger charge is -2.22. The number of carbonyl (C=O) groups excluding carboxylic acids is 1. The molecule has 17 heavy (non-hydrogen) atoms. The standard InChI is InChI=1S/C14H19NO2/c16-14-3-1-2-12-9-15(10-13(12)14)8-11-4-6-17-7-5-11/h9-11H,1-8H2. The molecular weight excluding hydrogens is 214 g/mol. The molecule has 92 valence electrons. The van der Waals surface area contributed by atoms with Crippen molar-refractivity contribution in [1.82, 2.24) is 4.57 Å². The summed E-state index contributed by atoms with van der Waals surface area (Å²) in [7, 11) is 0. The number of rotatable bonds is 2. The summed E-state index contributed by atoms with van der Waals surface area (Å²) in [5, 5.41) is 0. The third-order valence-electron chi connectivity index (χ3n) is 3.92. The molecule has 0 aromatic carbocycles. The van der Waals surface area contributed by atoms with Gasteiger partial charge in [0.1, 0.15) is 0 Å². The summed E-state index contributed by atoms with van der Waals surface area (Å²) >= 11 is 0. The molecular formula is C14H19NO2. The van der Waals surface area contributed by atoms with Crippen LogP contribution in [0.4, 0.5) is 0 Å². The van der Waals surface area contributed by atoms with Crippen LogP contribution in [0.25, 0.3) is 0 Å². The number of ketones is 1. The molecule has 2 heterocycles. The Morgan fingerprint density at radius 3 is 2.82 bits per heavy atom. The molecule has 3 nitrogen and oxygen atoms in total. The smallest absolute Gasteiger partial charge is 0.164 e. The maximum absolute atomic E-state index is 11.8. The minimum atomic E-state index is 0.331. The minimum Gasteiger partial charge on any atom is -0.381 e. The quantitative estimate of drug-likeness (QED) is 0.785. The van der Waals surface area contributed by atoms with Crippen LogP contribution in [0.5, 0.6) is 0 Å². The second-order valence-electron chi connectivity index (χ2n) is 5.23. The number of fused-ring (bicyclic) bond motifs is 1. The number of carbonyl (C=O) groups is 1. The fraction of sp³-hybridized carbons (Fsp3) is 0.643. The number of aryl methyl sites for hydroxylation is 1. The summed E-state index contributed by atoms with van der Waals surface area (Å²) in [6.45, 7) is 2.83. The number of hydrogen-bond acceptors (Lipinski definition) is 2. The molecule has 1 aliphatic carbocycles. The van der Waals surface area contributed by atoms with Crippen LogP contribution >= 0.6 is 0 Å². The first-order chi connectivity index (χ1) is 8.33. The molecule has 0 radical (unpaired) electrons. The lowest BCUT2D eigenvalue weighted by molar-refractivity contribution is 0.0613. The van der Waals surface area contributed by atoms with Gasteiger partial charge in [0.05, 0.1) is 0 Å². The first kappa shape index (κ1) is 11.0. The molecule has 0 unspecified atom stereocenters. The van der Waals surface area contributed by atoms with Crippen molar-refractivity contribution in [3.05, 3.63) is 23.5 Å². The van der Waals surface area contributed by atoms with Crippen LogP contribution in [0.1, 0.15) is 41.6 Å². The van der Waals surface area contributed by atoms with E-state index < -0.39 is 0 Å². The summed E-state index contributed by atoms with van der Waals surface area (Å²) in [6.07, 6.45) is 9.37. The highest BCUT2D eigenvalue weighted by molar-refractivity contribution is 5.98. The molecule has 0 bridgehead atoms. The van der Waals surface area contributed by atoms with E-state index in [4.69, 9.17) is 4.74 Å². The molecule has 0 N–H and O–H groups in total. The largest absolute Gasteiger partial charge is 0.381 e. The Bertz CT molecular complexity index is 416. The maximum Gasteiger partial charge on any atom is 0.164 e. The molecule has 1 aliphatic heterocycles. The Morgan fingerprint density at radius 1 is 1.24 bits per heavy atom. The summed E-state index contributed by atoms with van der Waals surface area (Å²) in [4.78, 5) is 11.8. The van der Waals surface area contributed by atoms with Crippen molar-refractivity contribution in [1.29, 1.82) is 0 Å². The van der Waals surface area contributed by atoms with Crippen LogP contribution in [-0.4, -0.2) is 23.6 Å². The molecule has 1 fully saturated rings. The van der Waals surface area contributed by atoms with Crippen LogP contribution < -0.4 is 0 Å². The predicted molar refractivity (Wildman–Crippen MR) is 65.2 cm³/mol. The van der Waals surface area contributed by atoms with Crippen molar-refractivity contribution in [2.24, 2.45) is 5.92 Å². The van der Waals surface area contributed by atoms with E-state index in [1.807, 2.05) is 0 Å². The number of aromatic nitrogens is 1. The van der Waals surface area contributed by atoms with E-state index in [9.17, 15) is 4.79 Å². The van der Waals surface area contributed by atoms with Gasteiger partial charge in [0.15, 0.2) is 5.78 Å². The van der Waals surface area contributed by atoms with Crippen molar-refractivity contribution < 1.29 is 9.53 Å². The van der Waals surface area contributed by atoms with Gasteiger partial charge in [0, 0.05) is 44.1 Å². The van der Waals surface area contributed by atoms with E-state index in [-0.39, 0.29) is 0 Å². The highest BCUT2D eigenvalue weighted by atomic mass is 16.5. The predicted octanol–water partition coefficient (Wildman–Crippen LogP) is 2.43. The van der Waals surface area contributed by atoms with Gasteiger partial charge < -0.3 is 9.30 Å². The zero-order valence-corrected chi connectivity index (χ0v) is 10.2. The molecule has 0 atom stereocenters. The Balaban J connectivity index is 1.73. The summed E-state index contributed by atoms with van der Waals surface area (Å²) in [5.74, 6) is 1.05. The van der Waals surface area contributed by atoms with Gasteiger partial charge in [-0.05, 0) is 37.2 Å². The maximum atomic E-state index is 11.8. The highest BCUT2D eigenvalue weighted by Crippen LogP contribution is 2.24. The van der Waals surface area contributed by atoms with Crippen LogP contribution in [0.3, 0.4) is 0 Å². The number of Topliss-reactive ketones (excluding diaryl/α,β-unsaturated/α-hetero) is 1. The molecule has 2 aliphatic rings. The van der Waals surface area contributed by atoms with E-state index in [1.54, 1.807) is 0 Å². The molecule has 3 heteroatoms. The van der Waals surface area contributed by atoms with E-state index >= 15 is 0 Å². The van der Waals surface area contributed by atoms with E-state index in [0.29, 0.717) is 11.7 Å². The zero-order chi connectivity index (χ0) is 11.7. The average molecular weight is 233 g/mol. The topological polar surface area (TPSA) is 31.2 Å². The van der Waals surface area contributed by atoms with Gasteiger partial charge in [0.2, 0.25) is 0 Å². The lowest BCUT2D eigenvalue weighted by atomic mass is 9.95. The first-order valence-electron chi connectivity index (χ1n) is 6.62. The van der Waals surface area contributed by atoms with E-state index in [1.165, 1.54) is 5.56 Å². The normalized spacial score (nSPS) is 21.5. The number of nitrogens with zero attached hydrogens (tertiary/aromatic N) is 1. The van der Waals surface area contributed by atoms with Crippen LogP contribution in [0, 0.1) is 5.92 Å². The monoisotopic (exact) mass is 233 g/mol. The van der Waals surface area contributed by atoms with E-state index in [0.717, 1.165) is 57.4 Å². The zero-order valence-electron chi connectivity index (χ0n) is 10.2. The second kappa shape index (κ2) is 4.65. The molecule has 0 saturated carbocycles. The van der Waals surface area contributed by atoms with Gasteiger partial charge in [-0.25, -0.2) is 0 Å². The van der Waals surface area contributed by atoms with Crippen molar-refractivity contribution in [2.75, 3.05) is 13.2 Å². The van der Waals surface area contributed by atoms with Crippen LogP contribution in [-0.2, 0) is 17.7 Å². The summed E-state index contributed by atoms with van der Waals surface area (Å²) in [5.41, 5.74) is 2.23. The van der Waals surface area contributed by atoms with Gasteiger partial charge in [-0.1, -0.05) is 0 Å². The molecule has 1 aromatic heterocycles. The minimum absolute atomic E-state index is 0.331. The Hall–Kier alpha value is -1.09. The van der Waals surface area contributed by atoms with Gasteiger partial charge in [0.25, 0.3) is 0 Å². The van der Waals surface area contributed by atoms with Crippen molar-refractivity contribution in [3.8, 4) is 0 Å². The SMILES string of the molecule is O=C1CCCc2cn(CC3CCOCC3)cc21. The Labute approximate surface area is 102 Å². The van der Waals surface area contributed by atoms with Gasteiger partial charge in [-0.2, -0.15) is 0 Å². The Kier molecular flexibility index (Phi) is 3.02. The third kappa shape index (κ3) is 2.29. The third-order valence-corrected chi connectivity index (χ3v) is 3.92. The molecule has 0 spiro atoms. The average Bonchev–Trinajstić information content (AvgIpc) is 2.74. The van der Waals surface area contributed by atoms with Gasteiger partial charge >= 0.3 is 0 Å². The second-order valence-corrected chi connectivity index (χ2v) is 5.23. The fourth-order valence-corrected chi connectivity index (χ4v) is 2.91. The number of hydrogen-bond donors (Lipinski definition) is 0.